The molecule has 0 aromatic heterocycles. The molecule has 1 unspecified atom stereocenters. The Morgan fingerprint density at radius 3 is 2.13 bits per heavy atom. The van der Waals surface area contributed by atoms with E-state index in [9.17, 15) is 0 Å². The van der Waals surface area contributed by atoms with Crippen LogP contribution in [-0.4, -0.2) is 5.54 Å². The molecule has 1 N–H and O–H groups in total. The van der Waals surface area contributed by atoms with E-state index in [0.29, 0.717) is 6.04 Å². The zero-order valence-electron chi connectivity index (χ0n) is 10.4. The van der Waals surface area contributed by atoms with Gasteiger partial charge in [-0.05, 0) is 32.3 Å². The first-order valence-corrected chi connectivity index (χ1v) is 5.94. The Hall–Kier alpha value is -0.820. The van der Waals surface area contributed by atoms with Gasteiger partial charge in [0.05, 0.1) is 0 Å². The van der Waals surface area contributed by atoms with Crippen LogP contribution in [0.3, 0.4) is 0 Å². The minimum atomic E-state index is 0.259. The molecule has 1 atom stereocenters. The van der Waals surface area contributed by atoms with Crippen LogP contribution < -0.4 is 5.32 Å². The standard InChI is InChI=1S/C14H23N/c1-5-14(4,6-2)15-12(3)13-10-8-7-9-11-13/h7-12,15H,5-6H2,1-4H3. The van der Waals surface area contributed by atoms with Crippen LogP contribution in [-0.2, 0) is 0 Å². The molecular weight excluding hydrogens is 182 g/mol. The minimum absolute atomic E-state index is 0.259. The van der Waals surface area contributed by atoms with Crippen LogP contribution in [0.25, 0.3) is 0 Å². The zero-order valence-corrected chi connectivity index (χ0v) is 10.4. The molecule has 0 fully saturated rings. The van der Waals surface area contributed by atoms with Gasteiger partial charge in [0.1, 0.15) is 0 Å². The summed E-state index contributed by atoms with van der Waals surface area (Å²) in [6.45, 7) is 9.02. The number of rotatable bonds is 5. The number of nitrogens with one attached hydrogen (secondary N) is 1. The van der Waals surface area contributed by atoms with E-state index < -0.39 is 0 Å². The Bertz CT molecular complexity index is 275. The monoisotopic (exact) mass is 205 g/mol. The Labute approximate surface area is 93.9 Å². The SMILES string of the molecule is CCC(C)(CC)NC(C)c1ccccc1. The van der Waals surface area contributed by atoms with E-state index >= 15 is 0 Å². The molecule has 0 spiro atoms. The number of hydrogen-bond acceptors (Lipinski definition) is 1. The highest BCUT2D eigenvalue weighted by Crippen LogP contribution is 2.20. The first-order valence-electron chi connectivity index (χ1n) is 5.94. The maximum atomic E-state index is 3.71. The molecule has 1 aromatic carbocycles. The molecule has 0 radical (unpaired) electrons. The van der Waals surface area contributed by atoms with E-state index in [1.807, 2.05) is 0 Å². The maximum absolute atomic E-state index is 3.71. The molecule has 0 aliphatic rings. The summed E-state index contributed by atoms with van der Waals surface area (Å²) in [5.41, 5.74) is 1.63. The highest BCUT2D eigenvalue weighted by molar-refractivity contribution is 5.18. The molecule has 0 heterocycles. The van der Waals surface area contributed by atoms with E-state index in [0.717, 1.165) is 0 Å². The van der Waals surface area contributed by atoms with E-state index in [4.69, 9.17) is 0 Å². The molecular formula is C14H23N. The van der Waals surface area contributed by atoms with E-state index in [1.54, 1.807) is 0 Å². The molecule has 84 valence electrons. The van der Waals surface area contributed by atoms with Gasteiger partial charge in [0.2, 0.25) is 0 Å². The Balaban J connectivity index is 2.67. The smallest absolute Gasteiger partial charge is 0.0296 e. The van der Waals surface area contributed by atoms with Gasteiger partial charge in [-0.15, -0.1) is 0 Å². The molecule has 0 amide bonds. The van der Waals surface area contributed by atoms with Crippen molar-refractivity contribution in [2.24, 2.45) is 0 Å². The van der Waals surface area contributed by atoms with Crippen LogP contribution in [0.4, 0.5) is 0 Å². The summed E-state index contributed by atoms with van der Waals surface area (Å²) in [6, 6.07) is 11.1. The summed E-state index contributed by atoms with van der Waals surface area (Å²) >= 11 is 0. The van der Waals surface area contributed by atoms with Crippen LogP contribution in [0.5, 0.6) is 0 Å². The summed E-state index contributed by atoms with van der Waals surface area (Å²) in [7, 11) is 0. The molecule has 0 saturated heterocycles. The molecule has 1 nitrogen and oxygen atoms in total. The van der Waals surface area contributed by atoms with Crippen molar-refractivity contribution in [3.63, 3.8) is 0 Å². The first-order chi connectivity index (χ1) is 7.11. The zero-order chi connectivity index (χ0) is 11.3. The predicted molar refractivity (Wildman–Crippen MR) is 67.0 cm³/mol. The van der Waals surface area contributed by atoms with Gasteiger partial charge < -0.3 is 5.32 Å². The van der Waals surface area contributed by atoms with Crippen LogP contribution in [0.1, 0.15) is 52.1 Å². The van der Waals surface area contributed by atoms with E-state index in [2.05, 4.69) is 63.3 Å². The van der Waals surface area contributed by atoms with Crippen molar-refractivity contribution in [1.29, 1.82) is 0 Å². The predicted octanol–water partition coefficient (Wildman–Crippen LogP) is 3.92. The lowest BCUT2D eigenvalue weighted by Gasteiger charge is -2.32. The maximum Gasteiger partial charge on any atom is 0.0296 e. The second-order valence-electron chi connectivity index (χ2n) is 4.54. The lowest BCUT2D eigenvalue weighted by Crippen LogP contribution is -2.42. The average molecular weight is 205 g/mol. The fourth-order valence-electron chi connectivity index (χ4n) is 1.80. The summed E-state index contributed by atoms with van der Waals surface area (Å²) in [6.07, 6.45) is 2.33. The number of hydrogen-bond donors (Lipinski definition) is 1. The van der Waals surface area contributed by atoms with Gasteiger partial charge >= 0.3 is 0 Å². The summed E-state index contributed by atoms with van der Waals surface area (Å²) in [5, 5.41) is 3.71. The van der Waals surface area contributed by atoms with Crippen LogP contribution in [0.2, 0.25) is 0 Å². The number of benzene rings is 1. The van der Waals surface area contributed by atoms with Crippen LogP contribution >= 0.6 is 0 Å². The summed E-state index contributed by atoms with van der Waals surface area (Å²) in [5.74, 6) is 0. The fraction of sp³-hybridized carbons (Fsp3) is 0.571. The molecule has 0 aliphatic carbocycles. The van der Waals surface area contributed by atoms with Crippen molar-refractivity contribution in [2.75, 3.05) is 0 Å². The third-order valence-corrected chi connectivity index (χ3v) is 3.43. The fourth-order valence-corrected chi connectivity index (χ4v) is 1.80. The Morgan fingerprint density at radius 2 is 1.67 bits per heavy atom. The summed E-state index contributed by atoms with van der Waals surface area (Å²) in [4.78, 5) is 0. The Morgan fingerprint density at radius 1 is 1.13 bits per heavy atom. The molecule has 1 rings (SSSR count). The lowest BCUT2D eigenvalue weighted by atomic mass is 9.93. The second-order valence-corrected chi connectivity index (χ2v) is 4.54. The van der Waals surface area contributed by atoms with Crippen molar-refractivity contribution in [3.8, 4) is 0 Å². The quantitative estimate of drug-likeness (QED) is 0.768. The minimum Gasteiger partial charge on any atom is -0.305 e. The molecule has 0 saturated carbocycles. The van der Waals surface area contributed by atoms with Gasteiger partial charge in [0.25, 0.3) is 0 Å². The Kier molecular flexibility index (Phi) is 4.34. The van der Waals surface area contributed by atoms with Gasteiger partial charge in [0, 0.05) is 11.6 Å². The van der Waals surface area contributed by atoms with Crippen molar-refractivity contribution < 1.29 is 0 Å². The normalized spacial score (nSPS) is 13.9. The molecule has 0 bridgehead atoms. The van der Waals surface area contributed by atoms with Gasteiger partial charge in [-0.3, -0.25) is 0 Å². The van der Waals surface area contributed by atoms with Crippen molar-refractivity contribution in [3.05, 3.63) is 35.9 Å². The highest BCUT2D eigenvalue weighted by Gasteiger charge is 2.21. The van der Waals surface area contributed by atoms with Gasteiger partial charge in [-0.1, -0.05) is 44.2 Å². The van der Waals surface area contributed by atoms with Crippen LogP contribution in [0.15, 0.2) is 30.3 Å². The molecule has 15 heavy (non-hydrogen) atoms. The van der Waals surface area contributed by atoms with Crippen LogP contribution in [0, 0.1) is 0 Å². The third-order valence-electron chi connectivity index (χ3n) is 3.43. The molecule has 1 heteroatoms. The van der Waals surface area contributed by atoms with Crippen molar-refractivity contribution in [1.82, 2.24) is 5.32 Å². The molecule has 0 aliphatic heterocycles. The largest absolute Gasteiger partial charge is 0.305 e. The van der Waals surface area contributed by atoms with E-state index in [-0.39, 0.29) is 5.54 Å². The van der Waals surface area contributed by atoms with Crippen molar-refractivity contribution in [2.45, 2.75) is 52.1 Å². The average Bonchev–Trinajstić information content (AvgIpc) is 2.30. The molecule has 1 aromatic rings. The van der Waals surface area contributed by atoms with Gasteiger partial charge in [-0.25, -0.2) is 0 Å². The van der Waals surface area contributed by atoms with Gasteiger partial charge in [0.15, 0.2) is 0 Å². The third kappa shape index (κ3) is 3.35. The second kappa shape index (κ2) is 5.32. The highest BCUT2D eigenvalue weighted by atomic mass is 15.0. The van der Waals surface area contributed by atoms with Gasteiger partial charge in [-0.2, -0.15) is 0 Å². The lowest BCUT2D eigenvalue weighted by molar-refractivity contribution is 0.299. The van der Waals surface area contributed by atoms with E-state index in [1.165, 1.54) is 18.4 Å². The topological polar surface area (TPSA) is 12.0 Å². The summed E-state index contributed by atoms with van der Waals surface area (Å²) < 4.78 is 0. The first kappa shape index (κ1) is 12.3. The van der Waals surface area contributed by atoms with Crippen molar-refractivity contribution >= 4 is 0 Å².